The van der Waals surface area contributed by atoms with Gasteiger partial charge in [0.2, 0.25) is 0 Å². The monoisotopic (exact) mass is 289 g/mol. The summed E-state index contributed by atoms with van der Waals surface area (Å²) in [6.45, 7) is 3.44. The fourth-order valence-corrected chi connectivity index (χ4v) is 1.48. The van der Waals surface area contributed by atoms with E-state index in [0.717, 1.165) is 0 Å². The van der Waals surface area contributed by atoms with Crippen LogP contribution in [-0.2, 0) is 4.79 Å². The molecule has 0 aliphatic rings. The van der Waals surface area contributed by atoms with Gasteiger partial charge in [0.25, 0.3) is 0 Å². The first-order chi connectivity index (χ1) is 7.04. The molecule has 0 heterocycles. The minimum atomic E-state index is -0.976. The van der Waals surface area contributed by atoms with Crippen molar-refractivity contribution < 1.29 is 9.90 Å². The summed E-state index contributed by atoms with van der Waals surface area (Å²) in [7, 11) is 0. The van der Waals surface area contributed by atoms with E-state index in [1.807, 2.05) is 0 Å². The standard InChI is InChI=1S/C10H9BrClNO2/c1-2-9(10(14)15)13-6-3-4-8(12)7(11)5-6/h2-5,9,13H,1H2,(H,14,15). The molecular weight excluding hydrogens is 281 g/mol. The third-order valence-corrected chi connectivity index (χ3v) is 2.96. The molecule has 0 radical (unpaired) electrons. The Morgan fingerprint density at radius 1 is 1.67 bits per heavy atom. The zero-order chi connectivity index (χ0) is 11.4. The van der Waals surface area contributed by atoms with Crippen molar-refractivity contribution in [2.45, 2.75) is 6.04 Å². The molecule has 80 valence electrons. The summed E-state index contributed by atoms with van der Waals surface area (Å²) in [5, 5.41) is 12.2. The van der Waals surface area contributed by atoms with E-state index >= 15 is 0 Å². The molecule has 1 aromatic rings. The van der Waals surface area contributed by atoms with Crippen LogP contribution in [0.5, 0.6) is 0 Å². The maximum Gasteiger partial charge on any atom is 0.330 e. The van der Waals surface area contributed by atoms with Gasteiger partial charge in [0.05, 0.1) is 5.02 Å². The second-order valence-corrected chi connectivity index (χ2v) is 4.09. The smallest absolute Gasteiger partial charge is 0.330 e. The van der Waals surface area contributed by atoms with Crippen molar-refractivity contribution in [1.82, 2.24) is 0 Å². The van der Waals surface area contributed by atoms with E-state index in [9.17, 15) is 4.79 Å². The van der Waals surface area contributed by atoms with Crippen LogP contribution in [0.25, 0.3) is 0 Å². The Bertz CT molecular complexity index is 395. The van der Waals surface area contributed by atoms with E-state index in [2.05, 4.69) is 27.8 Å². The predicted octanol–water partition coefficient (Wildman–Crippen LogP) is 3.15. The summed E-state index contributed by atoms with van der Waals surface area (Å²) in [4.78, 5) is 10.7. The lowest BCUT2D eigenvalue weighted by atomic mass is 10.2. The second kappa shape index (κ2) is 5.19. The Labute approximate surface area is 101 Å². The Morgan fingerprint density at radius 2 is 2.33 bits per heavy atom. The highest BCUT2D eigenvalue weighted by Gasteiger charge is 2.12. The molecule has 0 bridgehead atoms. The molecule has 0 aliphatic carbocycles. The number of benzene rings is 1. The number of nitrogens with one attached hydrogen (secondary N) is 1. The number of halogens is 2. The van der Waals surface area contributed by atoms with Crippen molar-refractivity contribution in [2.75, 3.05) is 5.32 Å². The molecule has 1 unspecified atom stereocenters. The number of carbonyl (C=O) groups is 1. The Balaban J connectivity index is 2.84. The fraction of sp³-hybridized carbons (Fsp3) is 0.100. The van der Waals surface area contributed by atoms with Gasteiger partial charge in [-0.25, -0.2) is 4.79 Å². The molecule has 2 N–H and O–H groups in total. The number of rotatable bonds is 4. The summed E-state index contributed by atoms with van der Waals surface area (Å²) in [5.41, 5.74) is 0.665. The van der Waals surface area contributed by atoms with Crippen molar-refractivity contribution >= 4 is 39.2 Å². The van der Waals surface area contributed by atoms with Crippen LogP contribution in [0.15, 0.2) is 35.3 Å². The summed E-state index contributed by atoms with van der Waals surface area (Å²) in [5.74, 6) is -0.976. The quantitative estimate of drug-likeness (QED) is 0.838. The largest absolute Gasteiger partial charge is 0.479 e. The first-order valence-electron chi connectivity index (χ1n) is 4.11. The van der Waals surface area contributed by atoms with Crippen LogP contribution < -0.4 is 5.32 Å². The lowest BCUT2D eigenvalue weighted by molar-refractivity contribution is -0.136. The first kappa shape index (κ1) is 12.1. The average molecular weight is 291 g/mol. The number of hydrogen-bond donors (Lipinski definition) is 2. The van der Waals surface area contributed by atoms with Crippen LogP contribution in [0.4, 0.5) is 5.69 Å². The summed E-state index contributed by atoms with van der Waals surface area (Å²) >= 11 is 9.05. The topological polar surface area (TPSA) is 49.3 Å². The summed E-state index contributed by atoms with van der Waals surface area (Å²) in [6, 6.07) is 4.28. The van der Waals surface area contributed by atoms with E-state index in [4.69, 9.17) is 16.7 Å². The van der Waals surface area contributed by atoms with Gasteiger partial charge < -0.3 is 10.4 Å². The van der Waals surface area contributed by atoms with Crippen LogP contribution in [0, 0.1) is 0 Å². The zero-order valence-electron chi connectivity index (χ0n) is 7.71. The van der Waals surface area contributed by atoms with Gasteiger partial charge >= 0.3 is 5.97 Å². The normalized spacial score (nSPS) is 11.9. The number of anilines is 1. The van der Waals surface area contributed by atoms with E-state index < -0.39 is 12.0 Å². The van der Waals surface area contributed by atoms with E-state index in [1.165, 1.54) is 6.08 Å². The van der Waals surface area contributed by atoms with Gasteiger partial charge in [-0.1, -0.05) is 17.7 Å². The third kappa shape index (κ3) is 3.25. The highest BCUT2D eigenvalue weighted by atomic mass is 79.9. The molecule has 0 fully saturated rings. The van der Waals surface area contributed by atoms with Crippen molar-refractivity contribution in [3.63, 3.8) is 0 Å². The molecule has 0 amide bonds. The zero-order valence-corrected chi connectivity index (χ0v) is 10.0. The Kier molecular flexibility index (Phi) is 4.17. The number of aliphatic carboxylic acids is 1. The highest BCUT2D eigenvalue weighted by molar-refractivity contribution is 9.10. The average Bonchev–Trinajstić information content (AvgIpc) is 2.19. The number of hydrogen-bond acceptors (Lipinski definition) is 2. The molecule has 0 saturated heterocycles. The minimum absolute atomic E-state index is 0.575. The van der Waals surface area contributed by atoms with E-state index in [-0.39, 0.29) is 0 Å². The Morgan fingerprint density at radius 3 is 2.80 bits per heavy atom. The SMILES string of the molecule is C=CC(Nc1ccc(Cl)c(Br)c1)C(=O)O. The van der Waals surface area contributed by atoms with Gasteiger partial charge in [-0.15, -0.1) is 6.58 Å². The van der Waals surface area contributed by atoms with Crippen molar-refractivity contribution in [2.24, 2.45) is 0 Å². The molecule has 1 atom stereocenters. The minimum Gasteiger partial charge on any atom is -0.479 e. The summed E-state index contributed by atoms with van der Waals surface area (Å²) in [6.07, 6.45) is 1.32. The predicted molar refractivity (Wildman–Crippen MR) is 64.4 cm³/mol. The van der Waals surface area contributed by atoms with Gasteiger partial charge in [-0.05, 0) is 34.1 Å². The van der Waals surface area contributed by atoms with Crippen LogP contribution in [-0.4, -0.2) is 17.1 Å². The highest BCUT2D eigenvalue weighted by Crippen LogP contribution is 2.25. The van der Waals surface area contributed by atoms with Gasteiger partial charge in [-0.3, -0.25) is 0 Å². The van der Waals surface area contributed by atoms with E-state index in [0.29, 0.717) is 15.2 Å². The molecule has 0 saturated carbocycles. The number of carboxylic acid groups (broad SMARTS) is 1. The molecule has 15 heavy (non-hydrogen) atoms. The molecule has 0 aromatic heterocycles. The van der Waals surface area contributed by atoms with Crippen molar-refractivity contribution in [3.05, 3.63) is 40.3 Å². The van der Waals surface area contributed by atoms with Crippen LogP contribution in [0.3, 0.4) is 0 Å². The molecule has 1 aromatic carbocycles. The van der Waals surface area contributed by atoms with Crippen molar-refractivity contribution in [3.8, 4) is 0 Å². The maximum atomic E-state index is 10.7. The third-order valence-electron chi connectivity index (χ3n) is 1.74. The molecule has 3 nitrogen and oxygen atoms in total. The fourth-order valence-electron chi connectivity index (χ4n) is 0.987. The van der Waals surface area contributed by atoms with Crippen molar-refractivity contribution in [1.29, 1.82) is 0 Å². The Hall–Kier alpha value is -1.00. The lowest BCUT2D eigenvalue weighted by Gasteiger charge is -2.11. The van der Waals surface area contributed by atoms with Crippen LogP contribution in [0.1, 0.15) is 0 Å². The van der Waals surface area contributed by atoms with Gasteiger partial charge in [0.1, 0.15) is 6.04 Å². The van der Waals surface area contributed by atoms with Gasteiger partial charge in [0, 0.05) is 10.2 Å². The molecule has 1 rings (SSSR count). The van der Waals surface area contributed by atoms with Crippen LogP contribution in [0.2, 0.25) is 5.02 Å². The lowest BCUT2D eigenvalue weighted by Crippen LogP contribution is -2.26. The van der Waals surface area contributed by atoms with Crippen LogP contribution >= 0.6 is 27.5 Å². The van der Waals surface area contributed by atoms with E-state index in [1.54, 1.807) is 18.2 Å². The number of carboxylic acids is 1. The molecule has 5 heteroatoms. The molecule has 0 spiro atoms. The maximum absolute atomic E-state index is 10.7. The van der Waals surface area contributed by atoms with Gasteiger partial charge in [0.15, 0.2) is 0 Å². The molecule has 0 aliphatic heterocycles. The molecular formula is C10H9BrClNO2. The van der Waals surface area contributed by atoms with Gasteiger partial charge in [-0.2, -0.15) is 0 Å². The summed E-state index contributed by atoms with van der Waals surface area (Å²) < 4.78 is 0.711. The first-order valence-corrected chi connectivity index (χ1v) is 5.28. The second-order valence-electron chi connectivity index (χ2n) is 2.82.